The number of hydrogen-bond donors (Lipinski definition) is 4. The third-order valence-corrected chi connectivity index (χ3v) is 4.76. The second kappa shape index (κ2) is 10.6. The lowest BCUT2D eigenvalue weighted by Gasteiger charge is -2.05. The zero-order valence-electron chi connectivity index (χ0n) is 15.3. The molecular weight excluding hydrogens is 328 g/mol. The lowest BCUT2D eigenvalue weighted by atomic mass is 10.0. The molecular formula is C22H30O4. The Balaban J connectivity index is 1.45. The molecule has 26 heavy (non-hydrogen) atoms. The molecule has 2 rings (SSSR count). The Hall–Kier alpha value is -2.36. The van der Waals surface area contributed by atoms with Gasteiger partial charge in [-0.2, -0.15) is 0 Å². The van der Waals surface area contributed by atoms with Gasteiger partial charge >= 0.3 is 0 Å². The van der Waals surface area contributed by atoms with Gasteiger partial charge in [0.15, 0.2) is 23.0 Å². The van der Waals surface area contributed by atoms with E-state index in [2.05, 4.69) is 0 Å². The monoisotopic (exact) mass is 358 g/mol. The zero-order valence-corrected chi connectivity index (χ0v) is 15.3. The summed E-state index contributed by atoms with van der Waals surface area (Å²) >= 11 is 0. The Morgan fingerprint density at radius 3 is 1.12 bits per heavy atom. The van der Waals surface area contributed by atoms with Gasteiger partial charge in [-0.3, -0.25) is 0 Å². The average molecular weight is 358 g/mol. The number of unbranched alkanes of at least 4 members (excludes halogenated alkanes) is 7. The van der Waals surface area contributed by atoms with Gasteiger partial charge in [-0.15, -0.1) is 0 Å². The van der Waals surface area contributed by atoms with Crippen LogP contribution in [-0.4, -0.2) is 20.4 Å². The predicted molar refractivity (Wildman–Crippen MR) is 104 cm³/mol. The van der Waals surface area contributed by atoms with Gasteiger partial charge in [-0.25, -0.2) is 0 Å². The van der Waals surface area contributed by atoms with E-state index in [0.717, 1.165) is 36.8 Å². The second-order valence-corrected chi connectivity index (χ2v) is 6.97. The van der Waals surface area contributed by atoms with E-state index in [1.54, 1.807) is 24.3 Å². The molecule has 0 fully saturated rings. The van der Waals surface area contributed by atoms with Crippen molar-refractivity contribution in [2.45, 2.75) is 64.2 Å². The van der Waals surface area contributed by atoms with Crippen molar-refractivity contribution < 1.29 is 20.4 Å². The summed E-state index contributed by atoms with van der Waals surface area (Å²) in [4.78, 5) is 0. The first-order valence-electron chi connectivity index (χ1n) is 9.58. The number of phenols is 4. The van der Waals surface area contributed by atoms with Gasteiger partial charge in [0.2, 0.25) is 0 Å². The molecule has 0 saturated carbocycles. The molecule has 2 aromatic rings. The van der Waals surface area contributed by atoms with Crippen molar-refractivity contribution in [3.63, 3.8) is 0 Å². The van der Waals surface area contributed by atoms with E-state index in [1.165, 1.54) is 38.5 Å². The fourth-order valence-electron chi connectivity index (χ4n) is 3.17. The van der Waals surface area contributed by atoms with Gasteiger partial charge in [0.25, 0.3) is 0 Å². The maximum absolute atomic E-state index is 9.47. The molecule has 0 spiro atoms. The average Bonchev–Trinajstić information content (AvgIpc) is 2.62. The molecule has 0 aliphatic heterocycles. The minimum absolute atomic E-state index is 0.0370. The molecule has 0 aliphatic rings. The van der Waals surface area contributed by atoms with E-state index < -0.39 is 0 Å². The molecule has 0 aromatic heterocycles. The maximum atomic E-state index is 9.47. The molecule has 0 atom stereocenters. The van der Waals surface area contributed by atoms with Crippen LogP contribution in [0.2, 0.25) is 0 Å². The lowest BCUT2D eigenvalue weighted by Crippen LogP contribution is -1.88. The summed E-state index contributed by atoms with van der Waals surface area (Å²) in [7, 11) is 0. The minimum atomic E-state index is -0.0593. The fraction of sp³-hybridized carbons (Fsp3) is 0.455. The van der Waals surface area contributed by atoms with Crippen LogP contribution in [0.5, 0.6) is 23.0 Å². The van der Waals surface area contributed by atoms with Crippen LogP contribution >= 0.6 is 0 Å². The Labute approximate surface area is 155 Å². The Kier molecular flexibility index (Phi) is 8.13. The van der Waals surface area contributed by atoms with E-state index in [9.17, 15) is 20.4 Å². The molecule has 2 aromatic carbocycles. The first-order chi connectivity index (χ1) is 12.6. The van der Waals surface area contributed by atoms with E-state index in [-0.39, 0.29) is 23.0 Å². The highest BCUT2D eigenvalue weighted by atomic mass is 16.3. The van der Waals surface area contributed by atoms with Crippen molar-refractivity contribution in [3.8, 4) is 23.0 Å². The van der Waals surface area contributed by atoms with Crippen molar-refractivity contribution >= 4 is 0 Å². The summed E-state index contributed by atoms with van der Waals surface area (Å²) in [5.41, 5.74) is 2.14. The summed E-state index contributed by atoms with van der Waals surface area (Å²) in [6, 6.07) is 10.1. The van der Waals surface area contributed by atoms with Crippen molar-refractivity contribution in [2.24, 2.45) is 0 Å². The van der Waals surface area contributed by atoms with Gasteiger partial charge in [-0.05, 0) is 61.1 Å². The largest absolute Gasteiger partial charge is 0.504 e. The number of benzene rings is 2. The van der Waals surface area contributed by atoms with Gasteiger partial charge < -0.3 is 20.4 Å². The van der Waals surface area contributed by atoms with E-state index >= 15 is 0 Å². The van der Waals surface area contributed by atoms with Crippen molar-refractivity contribution in [1.29, 1.82) is 0 Å². The standard InChI is InChI=1S/C22H30O4/c23-19-13-11-17(15-21(19)25)9-7-5-3-1-2-4-6-8-10-18-12-14-20(24)22(26)16-18/h11-16,23-26H,1-10H2. The van der Waals surface area contributed by atoms with E-state index in [4.69, 9.17) is 0 Å². The first-order valence-corrected chi connectivity index (χ1v) is 9.58. The molecule has 0 heterocycles. The lowest BCUT2D eigenvalue weighted by molar-refractivity contribution is 0.403. The van der Waals surface area contributed by atoms with Crippen LogP contribution in [0.4, 0.5) is 0 Å². The molecule has 0 amide bonds. The van der Waals surface area contributed by atoms with Crippen molar-refractivity contribution in [2.75, 3.05) is 0 Å². The van der Waals surface area contributed by atoms with Gasteiger partial charge in [0.1, 0.15) is 0 Å². The number of rotatable bonds is 11. The zero-order chi connectivity index (χ0) is 18.8. The summed E-state index contributed by atoms with van der Waals surface area (Å²) in [5.74, 6) is -0.193. The summed E-state index contributed by atoms with van der Waals surface area (Å²) in [6.07, 6.45) is 11.4. The molecule has 4 heteroatoms. The third kappa shape index (κ3) is 6.87. The highest BCUT2D eigenvalue weighted by molar-refractivity contribution is 5.41. The topological polar surface area (TPSA) is 80.9 Å². The Bertz CT molecular complexity index is 622. The summed E-state index contributed by atoms with van der Waals surface area (Å²) in [5, 5.41) is 37.5. The molecule has 0 bridgehead atoms. The number of aryl methyl sites for hydroxylation is 2. The predicted octanol–water partition coefficient (Wildman–Crippen LogP) is 5.42. The van der Waals surface area contributed by atoms with Gasteiger partial charge in [0, 0.05) is 0 Å². The van der Waals surface area contributed by atoms with Gasteiger partial charge in [0.05, 0.1) is 0 Å². The second-order valence-electron chi connectivity index (χ2n) is 6.97. The minimum Gasteiger partial charge on any atom is -0.504 e. The van der Waals surface area contributed by atoms with E-state index in [1.807, 2.05) is 12.1 Å². The quantitative estimate of drug-likeness (QED) is 0.319. The number of aromatic hydroxyl groups is 4. The molecule has 4 nitrogen and oxygen atoms in total. The molecule has 142 valence electrons. The van der Waals surface area contributed by atoms with Crippen LogP contribution in [0.3, 0.4) is 0 Å². The highest BCUT2D eigenvalue weighted by Gasteiger charge is 2.02. The van der Waals surface area contributed by atoms with Crippen LogP contribution in [-0.2, 0) is 12.8 Å². The first kappa shape index (κ1) is 20.0. The third-order valence-electron chi connectivity index (χ3n) is 4.76. The summed E-state index contributed by atoms with van der Waals surface area (Å²) in [6.45, 7) is 0. The fourth-order valence-corrected chi connectivity index (χ4v) is 3.17. The van der Waals surface area contributed by atoms with E-state index in [0.29, 0.717) is 0 Å². The SMILES string of the molecule is Oc1ccc(CCCCCCCCCCc2ccc(O)c(O)c2)cc1O. The Morgan fingerprint density at radius 1 is 0.423 bits per heavy atom. The molecule has 0 aliphatic carbocycles. The van der Waals surface area contributed by atoms with Crippen molar-refractivity contribution in [3.05, 3.63) is 47.5 Å². The maximum Gasteiger partial charge on any atom is 0.157 e. The highest BCUT2D eigenvalue weighted by Crippen LogP contribution is 2.26. The molecule has 0 unspecified atom stereocenters. The Morgan fingerprint density at radius 2 is 0.769 bits per heavy atom. The molecule has 0 saturated heterocycles. The van der Waals surface area contributed by atoms with Crippen molar-refractivity contribution in [1.82, 2.24) is 0 Å². The smallest absolute Gasteiger partial charge is 0.157 e. The summed E-state index contributed by atoms with van der Waals surface area (Å²) < 4.78 is 0. The van der Waals surface area contributed by atoms with Crippen LogP contribution in [0.15, 0.2) is 36.4 Å². The number of hydrogen-bond acceptors (Lipinski definition) is 4. The van der Waals surface area contributed by atoms with Crippen LogP contribution in [0, 0.1) is 0 Å². The number of phenolic OH excluding ortho intramolecular Hbond substituents is 4. The normalized spacial score (nSPS) is 10.9. The van der Waals surface area contributed by atoms with Crippen LogP contribution < -0.4 is 0 Å². The van der Waals surface area contributed by atoms with Crippen LogP contribution in [0.25, 0.3) is 0 Å². The molecule has 0 radical (unpaired) electrons. The van der Waals surface area contributed by atoms with Crippen LogP contribution in [0.1, 0.15) is 62.5 Å². The molecule has 4 N–H and O–H groups in total. The van der Waals surface area contributed by atoms with Gasteiger partial charge in [-0.1, -0.05) is 50.7 Å².